The van der Waals surface area contributed by atoms with Crippen LogP contribution >= 0.6 is 0 Å². The summed E-state index contributed by atoms with van der Waals surface area (Å²) in [6, 6.07) is 16.1. The molecule has 0 fully saturated rings. The maximum Gasteiger partial charge on any atom is 0.306 e. The number of oxime groups is 1. The van der Waals surface area contributed by atoms with Crippen LogP contribution in [-0.2, 0) is 24.1 Å². The zero-order valence-corrected chi connectivity index (χ0v) is 17.7. The standard InChI is InChI=1S/C26H29NO4/c28-26(29)20(11-6-2-5-10-18-8-3-1-4-9-18)16-23(27-30)19-14-15-22-21-12-7-13-24(21)31-25(22)17-19/h1,3-4,8-9,14-15,17,20,30H,2,5-7,10-13,16H2,(H,28,29)/t20-/m0/s1. The highest BCUT2D eigenvalue weighted by Crippen LogP contribution is 2.33. The van der Waals surface area contributed by atoms with Gasteiger partial charge in [-0.05, 0) is 43.7 Å². The summed E-state index contributed by atoms with van der Waals surface area (Å²) < 4.78 is 5.97. The molecule has 1 heterocycles. The van der Waals surface area contributed by atoms with Crippen LogP contribution in [0.15, 0.2) is 58.1 Å². The van der Waals surface area contributed by atoms with E-state index in [1.807, 2.05) is 36.4 Å². The average Bonchev–Trinajstić information content (AvgIpc) is 3.37. The topological polar surface area (TPSA) is 83.0 Å². The van der Waals surface area contributed by atoms with Crippen molar-refractivity contribution in [2.75, 3.05) is 0 Å². The summed E-state index contributed by atoms with van der Waals surface area (Å²) in [7, 11) is 0. The summed E-state index contributed by atoms with van der Waals surface area (Å²) in [6.07, 6.45) is 7.77. The van der Waals surface area contributed by atoms with Gasteiger partial charge in [-0.15, -0.1) is 0 Å². The van der Waals surface area contributed by atoms with Gasteiger partial charge in [0.05, 0.1) is 11.6 Å². The van der Waals surface area contributed by atoms with E-state index in [2.05, 4.69) is 17.3 Å². The summed E-state index contributed by atoms with van der Waals surface area (Å²) in [6.45, 7) is 0. The van der Waals surface area contributed by atoms with Crippen molar-refractivity contribution < 1.29 is 19.5 Å². The minimum atomic E-state index is -0.845. The van der Waals surface area contributed by atoms with Gasteiger partial charge in [0.1, 0.15) is 11.3 Å². The molecule has 1 atom stereocenters. The minimum Gasteiger partial charge on any atom is -0.481 e. The number of carboxylic acid groups (broad SMARTS) is 1. The first-order chi connectivity index (χ1) is 15.2. The van der Waals surface area contributed by atoms with Crippen molar-refractivity contribution in [3.63, 3.8) is 0 Å². The SMILES string of the molecule is O=C(O)[C@@H](CCCCCc1ccccc1)CC(=NO)c1ccc2c3c(oc2c1)CCC3. The number of hydrogen-bond acceptors (Lipinski definition) is 4. The highest BCUT2D eigenvalue weighted by atomic mass is 16.4. The number of rotatable bonds is 10. The van der Waals surface area contributed by atoms with Crippen LogP contribution in [0.4, 0.5) is 0 Å². The van der Waals surface area contributed by atoms with E-state index < -0.39 is 11.9 Å². The van der Waals surface area contributed by atoms with Crippen LogP contribution in [-0.4, -0.2) is 22.0 Å². The van der Waals surface area contributed by atoms with Crippen molar-refractivity contribution >= 4 is 22.7 Å². The predicted octanol–water partition coefficient (Wildman–Crippen LogP) is 5.99. The fraction of sp³-hybridized carbons (Fsp3) is 0.385. The first kappa shape index (κ1) is 21.2. The smallest absolute Gasteiger partial charge is 0.306 e. The molecule has 3 aromatic rings. The Balaban J connectivity index is 1.35. The molecule has 1 aliphatic rings. The van der Waals surface area contributed by atoms with Gasteiger partial charge in [0.15, 0.2) is 0 Å². The van der Waals surface area contributed by atoms with Gasteiger partial charge in [-0.3, -0.25) is 4.79 Å². The van der Waals surface area contributed by atoms with Gasteiger partial charge in [-0.25, -0.2) is 0 Å². The van der Waals surface area contributed by atoms with Crippen molar-refractivity contribution in [1.29, 1.82) is 0 Å². The first-order valence-electron chi connectivity index (χ1n) is 11.2. The Hall–Kier alpha value is -3.08. The van der Waals surface area contributed by atoms with E-state index in [-0.39, 0.29) is 6.42 Å². The molecule has 4 rings (SSSR count). The van der Waals surface area contributed by atoms with Crippen LogP contribution in [0.2, 0.25) is 0 Å². The Morgan fingerprint density at radius 2 is 1.90 bits per heavy atom. The second kappa shape index (κ2) is 9.82. The van der Waals surface area contributed by atoms with Gasteiger partial charge in [0.25, 0.3) is 0 Å². The van der Waals surface area contributed by atoms with Crippen LogP contribution in [0.1, 0.15) is 61.0 Å². The molecule has 162 valence electrons. The molecule has 5 heteroatoms. The van der Waals surface area contributed by atoms with E-state index >= 15 is 0 Å². The Labute approximate surface area is 182 Å². The molecule has 0 bridgehead atoms. The van der Waals surface area contributed by atoms with Crippen LogP contribution in [0, 0.1) is 5.92 Å². The molecule has 0 spiro atoms. The van der Waals surface area contributed by atoms with Crippen LogP contribution in [0.3, 0.4) is 0 Å². The molecule has 1 aliphatic carbocycles. The highest BCUT2D eigenvalue weighted by molar-refractivity contribution is 6.04. The lowest BCUT2D eigenvalue weighted by atomic mass is 9.92. The first-order valence-corrected chi connectivity index (χ1v) is 11.2. The van der Waals surface area contributed by atoms with E-state index in [1.165, 1.54) is 11.1 Å². The van der Waals surface area contributed by atoms with Gasteiger partial charge < -0.3 is 14.7 Å². The van der Waals surface area contributed by atoms with E-state index in [0.717, 1.165) is 67.2 Å². The lowest BCUT2D eigenvalue weighted by Gasteiger charge is -2.13. The molecule has 1 aromatic heterocycles. The molecule has 0 radical (unpaired) electrons. The number of hydrogen-bond donors (Lipinski definition) is 2. The Bertz CT molecular complexity index is 1070. The monoisotopic (exact) mass is 419 g/mol. The fourth-order valence-electron chi connectivity index (χ4n) is 4.59. The Morgan fingerprint density at radius 1 is 1.06 bits per heavy atom. The quantitative estimate of drug-likeness (QED) is 0.183. The summed E-state index contributed by atoms with van der Waals surface area (Å²) in [4.78, 5) is 11.8. The average molecular weight is 420 g/mol. The van der Waals surface area contributed by atoms with E-state index in [0.29, 0.717) is 12.1 Å². The van der Waals surface area contributed by atoms with Crippen molar-refractivity contribution in [2.45, 2.75) is 57.8 Å². The molecular weight excluding hydrogens is 390 g/mol. The lowest BCUT2D eigenvalue weighted by Crippen LogP contribution is -2.19. The zero-order chi connectivity index (χ0) is 21.6. The number of furan rings is 1. The number of carboxylic acids is 1. The van der Waals surface area contributed by atoms with Gasteiger partial charge in [0, 0.05) is 29.4 Å². The van der Waals surface area contributed by atoms with Crippen molar-refractivity contribution in [2.24, 2.45) is 11.1 Å². The predicted molar refractivity (Wildman–Crippen MR) is 121 cm³/mol. The fourth-order valence-corrected chi connectivity index (χ4v) is 4.59. The molecule has 2 aromatic carbocycles. The third kappa shape index (κ3) is 4.98. The normalized spacial score (nSPS) is 14.6. The zero-order valence-electron chi connectivity index (χ0n) is 17.7. The minimum absolute atomic E-state index is 0.205. The summed E-state index contributed by atoms with van der Waals surface area (Å²) in [5.41, 5.74) is 4.50. The second-order valence-electron chi connectivity index (χ2n) is 8.44. The number of carbonyl (C=O) groups is 1. The van der Waals surface area contributed by atoms with Crippen molar-refractivity contribution in [1.82, 2.24) is 0 Å². The molecule has 0 unspecified atom stereocenters. The molecule has 0 saturated heterocycles. The molecule has 0 aliphatic heterocycles. The van der Waals surface area contributed by atoms with Gasteiger partial charge >= 0.3 is 5.97 Å². The third-order valence-electron chi connectivity index (χ3n) is 6.31. The van der Waals surface area contributed by atoms with E-state index in [9.17, 15) is 15.1 Å². The largest absolute Gasteiger partial charge is 0.481 e. The lowest BCUT2D eigenvalue weighted by molar-refractivity contribution is -0.141. The second-order valence-corrected chi connectivity index (χ2v) is 8.44. The maximum absolute atomic E-state index is 11.8. The third-order valence-corrected chi connectivity index (χ3v) is 6.31. The van der Waals surface area contributed by atoms with Gasteiger partial charge in [0.2, 0.25) is 0 Å². The molecule has 0 saturated carbocycles. The van der Waals surface area contributed by atoms with Gasteiger partial charge in [-0.2, -0.15) is 0 Å². The van der Waals surface area contributed by atoms with Crippen molar-refractivity contribution in [3.05, 3.63) is 71.0 Å². The summed E-state index contributed by atoms with van der Waals surface area (Å²) >= 11 is 0. The molecule has 2 N–H and O–H groups in total. The molecular formula is C26H29NO4. The van der Waals surface area contributed by atoms with Crippen LogP contribution < -0.4 is 0 Å². The number of fused-ring (bicyclic) bond motifs is 3. The molecule has 0 amide bonds. The van der Waals surface area contributed by atoms with Crippen LogP contribution in [0.5, 0.6) is 0 Å². The van der Waals surface area contributed by atoms with Crippen LogP contribution in [0.25, 0.3) is 11.0 Å². The Morgan fingerprint density at radius 3 is 2.68 bits per heavy atom. The van der Waals surface area contributed by atoms with E-state index in [4.69, 9.17) is 4.42 Å². The van der Waals surface area contributed by atoms with Crippen molar-refractivity contribution in [3.8, 4) is 0 Å². The summed E-state index contributed by atoms with van der Waals surface area (Å²) in [5, 5.41) is 23.9. The number of unbranched alkanes of at least 4 members (excludes halogenated alkanes) is 2. The molecule has 5 nitrogen and oxygen atoms in total. The van der Waals surface area contributed by atoms with Gasteiger partial charge in [-0.1, -0.05) is 60.5 Å². The Kier molecular flexibility index (Phi) is 6.70. The summed E-state index contributed by atoms with van der Waals surface area (Å²) in [5.74, 6) is -0.365. The highest BCUT2D eigenvalue weighted by Gasteiger charge is 2.23. The number of benzene rings is 2. The maximum atomic E-state index is 11.8. The van der Waals surface area contributed by atoms with E-state index in [1.54, 1.807) is 0 Å². The molecule has 31 heavy (non-hydrogen) atoms. The number of nitrogens with zero attached hydrogens (tertiary/aromatic N) is 1. The number of aryl methyl sites for hydroxylation is 3. The number of aliphatic carboxylic acids is 1.